The molecule has 2 bridgehead atoms. The largest absolute Gasteiger partial charge is 0.488 e. The van der Waals surface area contributed by atoms with Crippen molar-refractivity contribution in [1.29, 1.82) is 0 Å². The number of benzene rings is 3. The number of hydrogen-bond acceptors (Lipinski definition) is 11. The standard InChI is InChI=1S/C52H62N8O9/c1-25-7-13-41(59(25)49(61)44(57-51(63)65-5)31-15-26(2)68-27(3)16-31)47-53-23-40(55-47)30-8-11-36-33(18-30)24-67-43-22-37-29(20-38(36)43)9-12-39-46(37)56-48(54-39)42-14-10-34-21-35-19-32(17-28(4)69-35)45(50(62)60(34)42)58-52(64)66-6/h8-9,11-12,18,20,22-23,25-28,31-32,34-35,41-42,44-45H,7,10,13-17,19,21,24H2,1-6H3,(H,53,55)(H,54,56)(H,57,63)(H,58,64)/t25-,26+,27+,28+,32?,34+,35-,41-,42-,44?,45-/m0/s1. The summed E-state index contributed by atoms with van der Waals surface area (Å²) in [5.41, 5.74) is 6.59. The number of nitrogens with one attached hydrogen (secondary N) is 4. The molecule has 2 aromatic heterocycles. The predicted molar refractivity (Wildman–Crippen MR) is 255 cm³/mol. The Bertz CT molecular complexity index is 2820. The number of alkyl carbamates (subject to hydrolysis) is 2. The molecule has 2 unspecified atom stereocenters. The number of aromatic nitrogens is 4. The molecule has 8 heterocycles. The van der Waals surface area contributed by atoms with Crippen LogP contribution in [0.1, 0.15) is 115 Å². The predicted octanol–water partition coefficient (Wildman–Crippen LogP) is 7.99. The molecule has 5 aromatic rings. The lowest BCUT2D eigenvalue weighted by Gasteiger charge is -2.44. The normalized spacial score (nSPS) is 30.1. The van der Waals surface area contributed by atoms with E-state index < -0.39 is 24.3 Å². The number of carbonyl (C=O) groups excluding carboxylic acids is 4. The Balaban J connectivity index is 0.844. The van der Waals surface area contributed by atoms with Gasteiger partial charge in [0.1, 0.15) is 36.1 Å². The van der Waals surface area contributed by atoms with Crippen LogP contribution >= 0.6 is 0 Å². The molecule has 17 nitrogen and oxygen atoms in total. The van der Waals surface area contributed by atoms with Crippen molar-refractivity contribution >= 4 is 45.8 Å². The third-order valence-corrected chi connectivity index (χ3v) is 15.9. The van der Waals surface area contributed by atoms with E-state index in [-0.39, 0.29) is 72.2 Å². The first-order valence-corrected chi connectivity index (χ1v) is 24.8. The number of methoxy groups -OCH3 is 2. The molecule has 4 amide bonds. The van der Waals surface area contributed by atoms with Gasteiger partial charge in [-0.25, -0.2) is 19.6 Å². The summed E-state index contributed by atoms with van der Waals surface area (Å²) in [6.45, 7) is 8.48. The highest BCUT2D eigenvalue weighted by molar-refractivity contribution is 6.07. The average molecular weight is 943 g/mol. The molecule has 17 heteroatoms. The first-order chi connectivity index (χ1) is 33.3. The van der Waals surface area contributed by atoms with Crippen molar-refractivity contribution < 1.29 is 42.9 Å². The van der Waals surface area contributed by atoms with Crippen molar-refractivity contribution in [3.63, 3.8) is 0 Å². The van der Waals surface area contributed by atoms with Gasteiger partial charge < -0.3 is 54.1 Å². The van der Waals surface area contributed by atoms with Gasteiger partial charge >= 0.3 is 12.2 Å². The van der Waals surface area contributed by atoms with E-state index in [0.29, 0.717) is 31.7 Å². The van der Waals surface area contributed by atoms with Crippen LogP contribution in [0.25, 0.3) is 44.2 Å². The second-order valence-corrected chi connectivity index (χ2v) is 20.4. The zero-order valence-corrected chi connectivity index (χ0v) is 40.1. The number of aromatic amines is 2. The average Bonchev–Trinajstić information content (AvgIpc) is 4.16. The number of ether oxygens (including phenoxy) is 5. The fourth-order valence-corrected chi connectivity index (χ4v) is 12.8. The van der Waals surface area contributed by atoms with Crippen LogP contribution < -0.4 is 15.4 Å². The second-order valence-electron chi connectivity index (χ2n) is 20.4. The highest BCUT2D eigenvalue weighted by Gasteiger charge is 2.50. The van der Waals surface area contributed by atoms with E-state index in [2.05, 4.69) is 70.0 Å². The Hall–Kier alpha value is -6.20. The van der Waals surface area contributed by atoms with Crippen LogP contribution in [0.3, 0.4) is 0 Å². The van der Waals surface area contributed by atoms with E-state index in [1.807, 2.05) is 36.8 Å². The van der Waals surface area contributed by atoms with E-state index in [4.69, 9.17) is 33.7 Å². The Kier molecular flexibility index (Phi) is 11.8. The van der Waals surface area contributed by atoms with Gasteiger partial charge in [0.25, 0.3) is 0 Å². The van der Waals surface area contributed by atoms with Crippen molar-refractivity contribution in [2.75, 3.05) is 14.2 Å². The number of hydrogen-bond donors (Lipinski definition) is 4. The van der Waals surface area contributed by atoms with Crippen LogP contribution in [0, 0.1) is 11.8 Å². The van der Waals surface area contributed by atoms with Gasteiger partial charge in [-0.2, -0.15) is 0 Å². The Morgan fingerprint density at radius 1 is 0.812 bits per heavy atom. The molecule has 364 valence electrons. The highest BCUT2D eigenvalue weighted by atomic mass is 16.5. The van der Waals surface area contributed by atoms with Gasteiger partial charge in [0.15, 0.2) is 0 Å². The van der Waals surface area contributed by atoms with Crippen LogP contribution in [-0.4, -0.2) is 117 Å². The van der Waals surface area contributed by atoms with Crippen LogP contribution in [-0.2, 0) is 35.1 Å². The number of fused-ring (bicyclic) bond motifs is 9. The topological polar surface area (TPSA) is 202 Å². The molecule has 0 radical (unpaired) electrons. The van der Waals surface area contributed by atoms with Gasteiger partial charge in [-0.05, 0) is 144 Å². The molecule has 3 aromatic carbocycles. The number of imidazole rings is 2. The molecule has 11 rings (SSSR count). The molecule has 11 atom stereocenters. The van der Waals surface area contributed by atoms with Gasteiger partial charge in [0.2, 0.25) is 11.8 Å². The highest BCUT2D eigenvalue weighted by Crippen LogP contribution is 2.46. The minimum Gasteiger partial charge on any atom is -0.488 e. The van der Waals surface area contributed by atoms with Gasteiger partial charge in [-0.3, -0.25) is 9.59 Å². The van der Waals surface area contributed by atoms with Crippen molar-refractivity contribution in [2.45, 2.75) is 153 Å². The van der Waals surface area contributed by atoms with Crippen molar-refractivity contribution in [3.8, 4) is 28.1 Å². The second kappa shape index (κ2) is 18.0. The summed E-state index contributed by atoms with van der Waals surface area (Å²) in [5, 5.41) is 7.75. The SMILES string of the molecule is COC(=O)NC(C(=O)N1[C@@H](C)CC[C@H]1c1ncc(-c2ccc3c(c2)COc2cc4c(ccc5[nH]c([C@@H]6CC[C@@H]7C[C@@H]8CC(C[C@@H](C)O8)[C@H](NC(=O)OC)C(=O)N76)nc54)cc2-3)[nH]1)C1C[C@@H](C)O[C@H](C)C1. The number of carbonyl (C=O) groups is 4. The lowest BCUT2D eigenvalue weighted by atomic mass is 9.81. The maximum Gasteiger partial charge on any atom is 0.407 e. The molecule has 0 spiro atoms. The van der Waals surface area contributed by atoms with Gasteiger partial charge in [-0.15, -0.1) is 0 Å². The lowest BCUT2D eigenvalue weighted by molar-refractivity contribution is -0.148. The first-order valence-electron chi connectivity index (χ1n) is 24.8. The van der Waals surface area contributed by atoms with Crippen molar-refractivity contribution in [2.24, 2.45) is 11.8 Å². The molecule has 69 heavy (non-hydrogen) atoms. The summed E-state index contributed by atoms with van der Waals surface area (Å²) in [6, 6.07) is 12.6. The van der Waals surface area contributed by atoms with E-state index in [1.165, 1.54) is 14.2 Å². The van der Waals surface area contributed by atoms with E-state index >= 15 is 0 Å². The Morgan fingerprint density at radius 3 is 2.39 bits per heavy atom. The van der Waals surface area contributed by atoms with Crippen molar-refractivity contribution in [3.05, 3.63) is 65.9 Å². The number of likely N-dealkylation sites (tertiary alicyclic amines) is 1. The lowest BCUT2D eigenvalue weighted by Crippen LogP contribution is -2.58. The Morgan fingerprint density at radius 2 is 1.59 bits per heavy atom. The van der Waals surface area contributed by atoms with Gasteiger partial charge in [0.05, 0.1) is 73.6 Å². The zero-order valence-electron chi connectivity index (χ0n) is 40.1. The van der Waals surface area contributed by atoms with Gasteiger partial charge in [0, 0.05) is 23.0 Å². The van der Waals surface area contributed by atoms with Crippen LogP contribution in [0.2, 0.25) is 0 Å². The maximum absolute atomic E-state index is 14.6. The fourth-order valence-electron chi connectivity index (χ4n) is 12.8. The molecule has 0 saturated carbocycles. The van der Waals surface area contributed by atoms with Crippen molar-refractivity contribution in [1.82, 2.24) is 40.4 Å². The van der Waals surface area contributed by atoms with Crippen LogP contribution in [0.15, 0.2) is 48.7 Å². The summed E-state index contributed by atoms with van der Waals surface area (Å²) >= 11 is 0. The number of amides is 4. The molecular formula is C52H62N8O9. The van der Waals surface area contributed by atoms with E-state index in [9.17, 15) is 19.2 Å². The molecule has 5 fully saturated rings. The summed E-state index contributed by atoms with van der Waals surface area (Å²) in [5.74, 6) is 1.82. The maximum atomic E-state index is 14.6. The molecule has 5 saturated heterocycles. The Labute approximate surface area is 400 Å². The number of nitrogens with zero attached hydrogens (tertiary/aromatic N) is 4. The minimum atomic E-state index is -0.749. The molecule has 0 aliphatic carbocycles. The first kappa shape index (κ1) is 45.3. The smallest absolute Gasteiger partial charge is 0.407 e. The number of rotatable bonds is 7. The van der Waals surface area contributed by atoms with E-state index in [1.54, 1.807) is 0 Å². The summed E-state index contributed by atoms with van der Waals surface area (Å²) in [7, 11) is 2.64. The van der Waals surface area contributed by atoms with Crippen LogP contribution in [0.4, 0.5) is 9.59 Å². The third-order valence-electron chi connectivity index (χ3n) is 15.9. The number of H-pyrrole nitrogens is 2. The summed E-state index contributed by atoms with van der Waals surface area (Å²) in [6.07, 6.45) is 7.12. The zero-order chi connectivity index (χ0) is 47.8. The summed E-state index contributed by atoms with van der Waals surface area (Å²) in [4.78, 5) is 75.3. The molecule has 6 aliphatic heterocycles. The fraction of sp³-hybridized carbons (Fsp3) is 0.538. The quantitative estimate of drug-likeness (QED) is 0.123. The van der Waals surface area contributed by atoms with Gasteiger partial charge in [-0.1, -0.05) is 18.2 Å². The summed E-state index contributed by atoms with van der Waals surface area (Å²) < 4.78 is 28.8. The molecule has 6 aliphatic rings. The molecular weight excluding hydrogens is 881 g/mol. The monoisotopic (exact) mass is 942 g/mol. The van der Waals surface area contributed by atoms with Crippen LogP contribution in [0.5, 0.6) is 5.75 Å². The minimum absolute atomic E-state index is 0.00166. The van der Waals surface area contributed by atoms with E-state index in [0.717, 1.165) is 99.9 Å². The third kappa shape index (κ3) is 8.24. The molecule has 4 N–H and O–H groups in total.